The highest BCUT2D eigenvalue weighted by Crippen LogP contribution is 2.33. The zero-order valence-corrected chi connectivity index (χ0v) is 18.6. The maximum absolute atomic E-state index is 13.6. The van der Waals surface area contributed by atoms with E-state index < -0.39 is 111 Å². The minimum atomic E-state index is -1.96. The molecule has 0 bridgehead atoms. The molecule has 1 aliphatic carbocycles. The summed E-state index contributed by atoms with van der Waals surface area (Å²) in [6.07, 6.45) is -21.3. The molecule has 11 N–H and O–H groups in total. The fraction of sp³-hybridized carbons (Fsp3) is 1.00. The SMILES string of the molecule is OCC1OC(OC2C(NF)CC(NF)C(OC3OC(CO)C(O)C(NF)C3O)C2O)C(O)C(O)C1O. The van der Waals surface area contributed by atoms with E-state index in [1.807, 2.05) is 0 Å². The molecule has 0 aromatic carbocycles. The lowest BCUT2D eigenvalue weighted by atomic mass is 9.84. The molecule has 0 amide bonds. The number of rotatable bonds is 9. The van der Waals surface area contributed by atoms with Gasteiger partial charge in [0.15, 0.2) is 12.6 Å². The van der Waals surface area contributed by atoms with Crippen LogP contribution in [0.1, 0.15) is 6.42 Å². The second-order valence-corrected chi connectivity index (χ2v) is 8.90. The van der Waals surface area contributed by atoms with Crippen molar-refractivity contribution >= 4 is 0 Å². The number of hydrogen-bond acceptors (Lipinski definition) is 15. The molecule has 0 spiro atoms. The Labute approximate surface area is 202 Å². The summed E-state index contributed by atoms with van der Waals surface area (Å²) in [5.74, 6) is 0. The quantitative estimate of drug-likeness (QED) is 0.123. The van der Waals surface area contributed by atoms with Crippen molar-refractivity contribution in [3.63, 3.8) is 0 Å². The maximum Gasteiger partial charge on any atom is 0.187 e. The second kappa shape index (κ2) is 12.8. The summed E-state index contributed by atoms with van der Waals surface area (Å²) in [6.45, 7) is -1.61. The van der Waals surface area contributed by atoms with Gasteiger partial charge in [0.1, 0.15) is 61.0 Å². The molecule has 15 unspecified atom stereocenters. The van der Waals surface area contributed by atoms with E-state index in [4.69, 9.17) is 18.9 Å². The van der Waals surface area contributed by atoms with Crippen LogP contribution in [0.15, 0.2) is 0 Å². The Kier molecular flexibility index (Phi) is 10.6. The first kappa shape index (κ1) is 29.7. The van der Waals surface area contributed by atoms with Gasteiger partial charge in [-0.25, -0.2) is 0 Å². The molecule has 1 saturated carbocycles. The lowest BCUT2D eigenvalue weighted by molar-refractivity contribution is -0.339. The summed E-state index contributed by atoms with van der Waals surface area (Å²) in [5.41, 5.74) is 3.79. The first-order valence-electron chi connectivity index (χ1n) is 11.1. The summed E-state index contributed by atoms with van der Waals surface area (Å²) in [4.78, 5) is 0. The standard InChI is InChI=1S/C18H32F3N3O12/c19-22-4-1-5(23-20)16(36-18-13(31)12(30)10(28)7(3-26)34-18)14(32)15(4)35-17-11(29)8(24-21)9(27)6(2-25)33-17/h4-18,22-32H,1-3H2. The Morgan fingerprint density at radius 1 is 0.611 bits per heavy atom. The first-order chi connectivity index (χ1) is 17.1. The van der Waals surface area contributed by atoms with Crippen LogP contribution in [-0.2, 0) is 18.9 Å². The molecule has 3 aliphatic rings. The van der Waals surface area contributed by atoms with Crippen molar-refractivity contribution in [2.45, 2.75) is 98.2 Å². The number of hydrogen-bond donors (Lipinski definition) is 11. The molecule has 0 aromatic heterocycles. The van der Waals surface area contributed by atoms with Crippen molar-refractivity contribution < 1.29 is 73.2 Å². The molecule has 36 heavy (non-hydrogen) atoms. The summed E-state index contributed by atoms with van der Waals surface area (Å²) in [7, 11) is 0. The average molecular weight is 539 g/mol. The monoisotopic (exact) mass is 539 g/mol. The molecule has 3 rings (SSSR count). The molecule has 2 aliphatic heterocycles. The van der Waals surface area contributed by atoms with E-state index in [0.717, 1.165) is 5.54 Å². The van der Waals surface area contributed by atoms with Crippen LogP contribution in [0.3, 0.4) is 0 Å². The van der Waals surface area contributed by atoms with Crippen molar-refractivity contribution in [2.75, 3.05) is 13.2 Å². The Bertz CT molecular complexity index is 692. The first-order valence-corrected chi connectivity index (χ1v) is 11.1. The van der Waals surface area contributed by atoms with Gasteiger partial charge in [0.25, 0.3) is 0 Å². The largest absolute Gasteiger partial charge is 0.394 e. The predicted molar refractivity (Wildman–Crippen MR) is 106 cm³/mol. The van der Waals surface area contributed by atoms with Crippen molar-refractivity contribution in [2.24, 2.45) is 0 Å². The van der Waals surface area contributed by atoms with Crippen molar-refractivity contribution in [1.29, 1.82) is 0 Å². The van der Waals surface area contributed by atoms with Gasteiger partial charge in [-0.2, -0.15) is 16.6 Å². The molecule has 0 aromatic rings. The number of aliphatic hydroxyl groups is 8. The van der Waals surface area contributed by atoms with Gasteiger partial charge in [-0.05, 0) is 6.42 Å². The molecule has 0 radical (unpaired) electrons. The van der Waals surface area contributed by atoms with E-state index in [0.29, 0.717) is 0 Å². The van der Waals surface area contributed by atoms with E-state index in [1.165, 1.54) is 11.1 Å². The minimum Gasteiger partial charge on any atom is -0.394 e. The van der Waals surface area contributed by atoms with E-state index in [1.54, 1.807) is 0 Å². The number of halogens is 3. The molecule has 2 saturated heterocycles. The van der Waals surface area contributed by atoms with Crippen molar-refractivity contribution in [1.82, 2.24) is 16.6 Å². The van der Waals surface area contributed by atoms with Gasteiger partial charge in [-0.1, -0.05) is 0 Å². The highest BCUT2D eigenvalue weighted by Gasteiger charge is 2.53. The summed E-state index contributed by atoms with van der Waals surface area (Å²) < 4.78 is 61.8. The Balaban J connectivity index is 1.80. The summed E-state index contributed by atoms with van der Waals surface area (Å²) in [5, 5.41) is 80.0. The van der Waals surface area contributed by atoms with E-state index in [9.17, 15) is 54.3 Å². The van der Waals surface area contributed by atoms with Crippen LogP contribution in [0.4, 0.5) is 13.4 Å². The lowest BCUT2D eigenvalue weighted by Gasteiger charge is -2.48. The molecule has 3 fully saturated rings. The highest BCUT2D eigenvalue weighted by atomic mass is 19.2. The van der Waals surface area contributed by atoms with Crippen LogP contribution in [0.5, 0.6) is 0 Å². The van der Waals surface area contributed by atoms with Crippen LogP contribution in [-0.4, -0.2) is 146 Å². The molecular formula is C18H32F3N3O12. The molecular weight excluding hydrogens is 507 g/mol. The van der Waals surface area contributed by atoms with Crippen LogP contribution in [0, 0.1) is 0 Å². The highest BCUT2D eigenvalue weighted by molar-refractivity contribution is 5.02. The van der Waals surface area contributed by atoms with Gasteiger partial charge in [0, 0.05) is 0 Å². The smallest absolute Gasteiger partial charge is 0.187 e. The van der Waals surface area contributed by atoms with Crippen molar-refractivity contribution in [3.8, 4) is 0 Å². The van der Waals surface area contributed by atoms with Crippen LogP contribution >= 0.6 is 0 Å². The number of aliphatic hydroxyl groups excluding tert-OH is 8. The van der Waals surface area contributed by atoms with Crippen LogP contribution in [0.2, 0.25) is 0 Å². The molecule has 2 heterocycles. The summed E-state index contributed by atoms with van der Waals surface area (Å²) >= 11 is 0. The Morgan fingerprint density at radius 2 is 1.08 bits per heavy atom. The van der Waals surface area contributed by atoms with Gasteiger partial charge in [0.05, 0.1) is 31.3 Å². The van der Waals surface area contributed by atoms with Crippen LogP contribution in [0.25, 0.3) is 0 Å². The fourth-order valence-corrected chi connectivity index (χ4v) is 4.59. The molecule has 18 heteroatoms. The van der Waals surface area contributed by atoms with Crippen LogP contribution < -0.4 is 16.6 Å². The Morgan fingerprint density at radius 3 is 1.53 bits per heavy atom. The van der Waals surface area contributed by atoms with Gasteiger partial charge in [-0.3, -0.25) is 0 Å². The maximum atomic E-state index is 13.6. The topological polar surface area (TPSA) is 235 Å². The number of nitrogens with one attached hydrogen (secondary N) is 3. The minimum absolute atomic E-state index is 0.476. The van der Waals surface area contributed by atoms with Gasteiger partial charge >= 0.3 is 0 Å². The average Bonchev–Trinajstić information content (AvgIpc) is 2.88. The lowest BCUT2D eigenvalue weighted by Crippen LogP contribution is -2.68. The zero-order valence-electron chi connectivity index (χ0n) is 18.6. The van der Waals surface area contributed by atoms with E-state index in [-0.39, 0.29) is 0 Å². The third kappa shape index (κ3) is 5.77. The van der Waals surface area contributed by atoms with Gasteiger partial charge in [-0.15, -0.1) is 13.4 Å². The van der Waals surface area contributed by atoms with E-state index >= 15 is 0 Å². The molecule has 15 atom stereocenters. The van der Waals surface area contributed by atoms with Gasteiger partial charge in [0.2, 0.25) is 0 Å². The number of ether oxygens (including phenoxy) is 4. The third-order valence-electron chi connectivity index (χ3n) is 6.70. The molecule has 212 valence electrons. The summed E-state index contributed by atoms with van der Waals surface area (Å²) in [6, 6.07) is -4.61. The second-order valence-electron chi connectivity index (χ2n) is 8.90. The van der Waals surface area contributed by atoms with Gasteiger partial charge < -0.3 is 59.8 Å². The predicted octanol–water partition coefficient (Wildman–Crippen LogP) is -5.71. The van der Waals surface area contributed by atoms with E-state index in [2.05, 4.69) is 0 Å². The molecule has 15 nitrogen and oxygen atoms in total. The normalized spacial score (nSPS) is 50.2. The fourth-order valence-electron chi connectivity index (χ4n) is 4.59. The Hall–Kier alpha value is -0.810. The third-order valence-corrected chi connectivity index (χ3v) is 6.70. The zero-order chi connectivity index (χ0) is 26.7. The van der Waals surface area contributed by atoms with Crippen molar-refractivity contribution in [3.05, 3.63) is 0 Å².